The van der Waals surface area contributed by atoms with Gasteiger partial charge in [-0.25, -0.2) is 4.79 Å². The van der Waals surface area contributed by atoms with Crippen molar-refractivity contribution < 1.29 is 19.4 Å². The zero-order chi connectivity index (χ0) is 14.6. The molecule has 0 fully saturated rings. The summed E-state index contributed by atoms with van der Waals surface area (Å²) in [5.41, 5.74) is 1.06. The first-order valence-corrected chi connectivity index (χ1v) is 6.60. The first-order chi connectivity index (χ1) is 9.77. The van der Waals surface area contributed by atoms with Crippen LogP contribution in [0.25, 0.3) is 0 Å². The van der Waals surface area contributed by atoms with Crippen molar-refractivity contribution in [2.24, 2.45) is 0 Å². The number of ether oxygens (including phenoxy) is 2. The Bertz CT molecular complexity index is 399. The van der Waals surface area contributed by atoms with Gasteiger partial charge in [0.25, 0.3) is 0 Å². The van der Waals surface area contributed by atoms with Gasteiger partial charge in [-0.2, -0.15) is 0 Å². The smallest absolute Gasteiger partial charge is 0.314 e. The number of aliphatic hydroxyl groups is 1. The number of urea groups is 1. The molecule has 3 N–H and O–H groups in total. The van der Waals surface area contributed by atoms with E-state index in [0.29, 0.717) is 26.1 Å². The number of rotatable bonds is 9. The zero-order valence-corrected chi connectivity index (χ0v) is 11.7. The summed E-state index contributed by atoms with van der Waals surface area (Å²) in [6.07, 6.45) is 0.707. The van der Waals surface area contributed by atoms with Crippen LogP contribution in [0.1, 0.15) is 5.56 Å². The third-order valence-electron chi connectivity index (χ3n) is 2.64. The van der Waals surface area contributed by atoms with Gasteiger partial charge < -0.3 is 25.2 Å². The molecule has 6 heteroatoms. The molecule has 0 saturated heterocycles. The van der Waals surface area contributed by atoms with E-state index in [2.05, 4.69) is 10.6 Å². The third-order valence-corrected chi connectivity index (χ3v) is 2.64. The first-order valence-electron chi connectivity index (χ1n) is 6.60. The van der Waals surface area contributed by atoms with Gasteiger partial charge in [-0.1, -0.05) is 18.2 Å². The second kappa shape index (κ2) is 10.1. The van der Waals surface area contributed by atoms with Crippen LogP contribution < -0.4 is 15.4 Å². The molecule has 20 heavy (non-hydrogen) atoms. The van der Waals surface area contributed by atoms with Crippen LogP contribution in [0.4, 0.5) is 4.79 Å². The second-order valence-corrected chi connectivity index (χ2v) is 4.08. The number of carbonyl (C=O) groups excluding carboxylic acids is 1. The van der Waals surface area contributed by atoms with Crippen LogP contribution in [0.15, 0.2) is 24.3 Å². The number of nitrogens with one attached hydrogen (secondary N) is 2. The number of hydrogen-bond acceptors (Lipinski definition) is 4. The largest absolute Gasteiger partial charge is 0.496 e. The summed E-state index contributed by atoms with van der Waals surface area (Å²) in [5, 5.41) is 13.9. The van der Waals surface area contributed by atoms with Crippen molar-refractivity contribution in [1.82, 2.24) is 10.6 Å². The van der Waals surface area contributed by atoms with Crippen molar-refractivity contribution in [3.8, 4) is 5.75 Å². The van der Waals surface area contributed by atoms with Gasteiger partial charge in [0, 0.05) is 13.1 Å². The third kappa shape index (κ3) is 6.40. The molecular formula is C14H22N2O4. The van der Waals surface area contributed by atoms with Gasteiger partial charge in [-0.15, -0.1) is 0 Å². The van der Waals surface area contributed by atoms with Gasteiger partial charge >= 0.3 is 6.03 Å². The van der Waals surface area contributed by atoms with Gasteiger partial charge in [-0.3, -0.25) is 0 Å². The summed E-state index contributed by atoms with van der Waals surface area (Å²) in [5.74, 6) is 0.826. The number of para-hydroxylation sites is 1. The number of amides is 2. The average Bonchev–Trinajstić information content (AvgIpc) is 2.47. The maximum atomic E-state index is 11.5. The van der Waals surface area contributed by atoms with Gasteiger partial charge in [0.15, 0.2) is 0 Å². The Hall–Kier alpha value is -1.79. The summed E-state index contributed by atoms with van der Waals surface area (Å²) in [6, 6.07) is 7.49. The summed E-state index contributed by atoms with van der Waals surface area (Å²) < 4.78 is 10.3. The van der Waals surface area contributed by atoms with E-state index in [1.165, 1.54) is 0 Å². The highest BCUT2D eigenvalue weighted by Gasteiger charge is 2.03. The molecule has 112 valence electrons. The molecule has 0 bridgehead atoms. The number of carbonyl (C=O) groups is 1. The van der Waals surface area contributed by atoms with E-state index in [4.69, 9.17) is 14.6 Å². The minimum Gasteiger partial charge on any atom is -0.496 e. The molecule has 0 heterocycles. The predicted molar refractivity (Wildman–Crippen MR) is 76.0 cm³/mol. The van der Waals surface area contributed by atoms with Crippen LogP contribution >= 0.6 is 0 Å². The molecule has 0 saturated carbocycles. The minimum absolute atomic E-state index is 0.00882. The standard InChI is InChI=1S/C14H22N2O4/c1-19-13-5-3-2-4-12(13)6-7-15-14(18)16-8-10-20-11-9-17/h2-5,17H,6-11H2,1H3,(H2,15,16,18). The average molecular weight is 282 g/mol. The molecule has 0 aliphatic rings. The normalized spacial score (nSPS) is 10.1. The molecule has 1 aromatic carbocycles. The molecule has 2 amide bonds. The number of hydrogen-bond donors (Lipinski definition) is 3. The van der Waals surface area contributed by atoms with Crippen molar-refractivity contribution in [3.63, 3.8) is 0 Å². The fraction of sp³-hybridized carbons (Fsp3) is 0.500. The van der Waals surface area contributed by atoms with Crippen molar-refractivity contribution in [1.29, 1.82) is 0 Å². The second-order valence-electron chi connectivity index (χ2n) is 4.08. The van der Waals surface area contributed by atoms with Crippen molar-refractivity contribution in [3.05, 3.63) is 29.8 Å². The number of methoxy groups -OCH3 is 1. The van der Waals surface area contributed by atoms with E-state index >= 15 is 0 Å². The Morgan fingerprint density at radius 1 is 1.20 bits per heavy atom. The molecule has 0 atom stereocenters. The molecule has 0 spiro atoms. The Kier molecular flexibility index (Phi) is 8.17. The van der Waals surface area contributed by atoms with Gasteiger partial charge in [0.2, 0.25) is 0 Å². The number of aliphatic hydroxyl groups excluding tert-OH is 1. The summed E-state index contributed by atoms with van der Waals surface area (Å²) in [4.78, 5) is 11.5. The van der Waals surface area contributed by atoms with Crippen molar-refractivity contribution in [2.45, 2.75) is 6.42 Å². The van der Waals surface area contributed by atoms with Crippen LogP contribution in [-0.4, -0.2) is 51.2 Å². The van der Waals surface area contributed by atoms with E-state index in [-0.39, 0.29) is 19.2 Å². The lowest BCUT2D eigenvalue weighted by atomic mass is 10.1. The van der Waals surface area contributed by atoms with Crippen LogP contribution in [0.2, 0.25) is 0 Å². The van der Waals surface area contributed by atoms with Crippen LogP contribution in [0, 0.1) is 0 Å². The molecular weight excluding hydrogens is 260 g/mol. The molecule has 0 radical (unpaired) electrons. The maximum Gasteiger partial charge on any atom is 0.314 e. The van der Waals surface area contributed by atoms with Gasteiger partial charge in [-0.05, 0) is 18.1 Å². The molecule has 0 aliphatic carbocycles. The molecule has 1 aromatic rings. The molecule has 0 aromatic heterocycles. The first kappa shape index (κ1) is 16.3. The van der Waals surface area contributed by atoms with E-state index in [1.807, 2.05) is 24.3 Å². The monoisotopic (exact) mass is 282 g/mol. The molecule has 0 unspecified atom stereocenters. The lowest BCUT2D eigenvalue weighted by Gasteiger charge is -2.10. The van der Waals surface area contributed by atoms with Gasteiger partial charge in [0.1, 0.15) is 5.75 Å². The Balaban J connectivity index is 2.15. The van der Waals surface area contributed by atoms with Gasteiger partial charge in [0.05, 0.1) is 26.9 Å². The topological polar surface area (TPSA) is 79.8 Å². The highest BCUT2D eigenvalue weighted by atomic mass is 16.5. The molecule has 6 nitrogen and oxygen atoms in total. The summed E-state index contributed by atoms with van der Waals surface area (Å²) >= 11 is 0. The van der Waals surface area contributed by atoms with Crippen molar-refractivity contribution in [2.75, 3.05) is 40.0 Å². The van der Waals surface area contributed by atoms with Crippen LogP contribution in [-0.2, 0) is 11.2 Å². The lowest BCUT2D eigenvalue weighted by Crippen LogP contribution is -2.38. The minimum atomic E-state index is -0.229. The summed E-state index contributed by atoms with van der Waals surface area (Å²) in [6.45, 7) is 1.62. The quantitative estimate of drug-likeness (QED) is 0.578. The van der Waals surface area contributed by atoms with E-state index in [9.17, 15) is 4.79 Å². The Morgan fingerprint density at radius 2 is 1.95 bits per heavy atom. The van der Waals surface area contributed by atoms with Crippen molar-refractivity contribution >= 4 is 6.03 Å². The van der Waals surface area contributed by atoms with E-state index in [0.717, 1.165) is 11.3 Å². The fourth-order valence-electron chi connectivity index (χ4n) is 1.69. The van der Waals surface area contributed by atoms with E-state index < -0.39 is 0 Å². The predicted octanol–water partition coefficient (Wildman–Crippen LogP) is 0.546. The Morgan fingerprint density at radius 3 is 2.70 bits per heavy atom. The Labute approximate surface area is 119 Å². The highest BCUT2D eigenvalue weighted by Crippen LogP contribution is 2.16. The zero-order valence-electron chi connectivity index (χ0n) is 11.7. The van der Waals surface area contributed by atoms with E-state index in [1.54, 1.807) is 7.11 Å². The lowest BCUT2D eigenvalue weighted by molar-refractivity contribution is 0.0947. The SMILES string of the molecule is COc1ccccc1CCNC(=O)NCCOCCO. The highest BCUT2D eigenvalue weighted by molar-refractivity contribution is 5.73. The van der Waals surface area contributed by atoms with Crippen LogP contribution in [0.5, 0.6) is 5.75 Å². The van der Waals surface area contributed by atoms with Crippen LogP contribution in [0.3, 0.4) is 0 Å². The summed E-state index contributed by atoms with van der Waals surface area (Å²) in [7, 11) is 1.63. The number of benzene rings is 1. The maximum absolute atomic E-state index is 11.5. The molecule has 0 aliphatic heterocycles. The molecule has 1 rings (SSSR count). The fourth-order valence-corrected chi connectivity index (χ4v) is 1.69.